The van der Waals surface area contributed by atoms with Gasteiger partial charge in [-0.3, -0.25) is 0 Å². The van der Waals surface area contributed by atoms with Crippen molar-refractivity contribution < 1.29 is 8.42 Å². The molecule has 0 aromatic carbocycles. The van der Waals surface area contributed by atoms with Crippen LogP contribution in [0.15, 0.2) is 0 Å². The summed E-state index contributed by atoms with van der Waals surface area (Å²) in [7, 11) is -1.62. The molecule has 1 aromatic heterocycles. The predicted molar refractivity (Wildman–Crippen MR) is 97.5 cm³/mol. The van der Waals surface area contributed by atoms with E-state index in [1.807, 2.05) is 20.9 Å². The van der Waals surface area contributed by atoms with Gasteiger partial charge >= 0.3 is 0 Å². The SMILES string of the molecule is CCN(CC)S(=O)(=O)N1CCc2nc([C@H]3CCCN3)nc(NC)c2C1. The van der Waals surface area contributed by atoms with Gasteiger partial charge in [-0.25, -0.2) is 9.97 Å². The van der Waals surface area contributed by atoms with E-state index in [1.165, 1.54) is 4.31 Å². The van der Waals surface area contributed by atoms with Gasteiger partial charge in [0, 0.05) is 45.2 Å². The topological polar surface area (TPSA) is 90.5 Å². The first-order chi connectivity index (χ1) is 12.0. The first-order valence-electron chi connectivity index (χ1n) is 9.07. The highest BCUT2D eigenvalue weighted by Crippen LogP contribution is 2.29. The molecule has 1 atom stereocenters. The molecule has 1 fully saturated rings. The Morgan fingerprint density at radius 2 is 2.08 bits per heavy atom. The van der Waals surface area contributed by atoms with Crippen LogP contribution in [-0.2, 0) is 23.2 Å². The molecule has 8 nitrogen and oxygen atoms in total. The molecule has 0 radical (unpaired) electrons. The molecule has 3 heterocycles. The number of anilines is 1. The summed E-state index contributed by atoms with van der Waals surface area (Å²) in [6, 6.07) is 0.204. The lowest BCUT2D eigenvalue weighted by Gasteiger charge is -2.32. The van der Waals surface area contributed by atoms with Crippen LogP contribution < -0.4 is 10.6 Å². The van der Waals surface area contributed by atoms with Crippen molar-refractivity contribution in [1.82, 2.24) is 23.9 Å². The van der Waals surface area contributed by atoms with Gasteiger partial charge in [0.25, 0.3) is 10.2 Å². The van der Waals surface area contributed by atoms with Crippen LogP contribution in [0.3, 0.4) is 0 Å². The summed E-state index contributed by atoms with van der Waals surface area (Å²) in [6.45, 7) is 6.46. The van der Waals surface area contributed by atoms with E-state index < -0.39 is 10.2 Å². The Morgan fingerprint density at radius 3 is 2.68 bits per heavy atom. The maximum atomic E-state index is 12.8. The second-order valence-electron chi connectivity index (χ2n) is 6.43. The first kappa shape index (κ1) is 18.5. The molecular formula is C16H28N6O2S. The van der Waals surface area contributed by atoms with Gasteiger partial charge in [-0.2, -0.15) is 17.0 Å². The maximum absolute atomic E-state index is 12.8. The lowest BCUT2D eigenvalue weighted by Crippen LogP contribution is -2.46. The highest BCUT2D eigenvalue weighted by atomic mass is 32.2. The summed E-state index contributed by atoms with van der Waals surface area (Å²) in [5, 5.41) is 6.56. The molecule has 1 aromatic rings. The zero-order valence-corrected chi connectivity index (χ0v) is 16.1. The van der Waals surface area contributed by atoms with E-state index in [4.69, 9.17) is 4.98 Å². The van der Waals surface area contributed by atoms with Gasteiger partial charge in [0.1, 0.15) is 11.6 Å². The Hall–Kier alpha value is -1.29. The highest BCUT2D eigenvalue weighted by Gasteiger charge is 2.33. The molecule has 1 saturated heterocycles. The Morgan fingerprint density at radius 1 is 1.32 bits per heavy atom. The van der Waals surface area contributed by atoms with Crippen molar-refractivity contribution in [2.45, 2.75) is 45.7 Å². The number of nitrogens with one attached hydrogen (secondary N) is 2. The Kier molecular flexibility index (Phi) is 5.57. The molecule has 140 valence electrons. The smallest absolute Gasteiger partial charge is 0.282 e. The standard InChI is InChI=1S/C16H28N6O2S/c1-4-21(5-2)25(23,24)22-10-8-13-12(11-22)15(17-3)20-16(19-13)14-7-6-9-18-14/h14,18H,4-11H2,1-3H3,(H,17,19,20)/t14-/m1/s1. The second kappa shape index (κ2) is 7.53. The largest absolute Gasteiger partial charge is 0.373 e. The van der Waals surface area contributed by atoms with Crippen molar-refractivity contribution in [1.29, 1.82) is 0 Å². The number of rotatable bonds is 6. The summed E-state index contributed by atoms with van der Waals surface area (Å²) in [4.78, 5) is 9.43. The fourth-order valence-corrected chi connectivity index (χ4v) is 5.18. The van der Waals surface area contributed by atoms with Gasteiger partial charge in [0.2, 0.25) is 0 Å². The number of nitrogens with zero attached hydrogens (tertiary/aromatic N) is 4. The van der Waals surface area contributed by atoms with Gasteiger partial charge < -0.3 is 10.6 Å². The summed E-state index contributed by atoms with van der Waals surface area (Å²) in [5.74, 6) is 1.56. The van der Waals surface area contributed by atoms with Gasteiger partial charge in [-0.1, -0.05) is 13.8 Å². The predicted octanol–water partition coefficient (Wildman–Crippen LogP) is 0.888. The van der Waals surface area contributed by atoms with Crippen molar-refractivity contribution >= 4 is 16.0 Å². The summed E-state index contributed by atoms with van der Waals surface area (Å²) in [5.41, 5.74) is 1.86. The molecule has 9 heteroatoms. The van der Waals surface area contributed by atoms with Crippen LogP contribution >= 0.6 is 0 Å². The first-order valence-corrected chi connectivity index (χ1v) is 10.5. The fraction of sp³-hybridized carbons (Fsp3) is 0.750. The third kappa shape index (κ3) is 3.51. The van der Waals surface area contributed by atoms with Crippen LogP contribution in [0.25, 0.3) is 0 Å². The zero-order chi connectivity index (χ0) is 18.0. The van der Waals surface area contributed by atoms with Crippen molar-refractivity contribution in [3.63, 3.8) is 0 Å². The van der Waals surface area contributed by atoms with Crippen LogP contribution in [0.1, 0.15) is 49.8 Å². The molecular weight excluding hydrogens is 340 g/mol. The monoisotopic (exact) mass is 368 g/mol. The van der Waals surface area contributed by atoms with Crippen LogP contribution in [0.5, 0.6) is 0 Å². The lowest BCUT2D eigenvalue weighted by molar-refractivity contribution is 0.333. The molecule has 0 unspecified atom stereocenters. The third-order valence-corrected chi connectivity index (χ3v) is 7.14. The third-order valence-electron chi connectivity index (χ3n) is 5.01. The summed E-state index contributed by atoms with van der Waals surface area (Å²) < 4.78 is 28.7. The van der Waals surface area contributed by atoms with E-state index >= 15 is 0 Å². The Labute approximate surface area is 150 Å². The number of aromatic nitrogens is 2. The second-order valence-corrected chi connectivity index (χ2v) is 8.36. The molecule has 3 rings (SSSR count). The van der Waals surface area contributed by atoms with Crippen LogP contribution in [-0.4, -0.2) is 60.2 Å². The van der Waals surface area contributed by atoms with Crippen molar-refractivity contribution in [2.75, 3.05) is 38.5 Å². The van der Waals surface area contributed by atoms with Gasteiger partial charge in [-0.15, -0.1) is 0 Å². The van der Waals surface area contributed by atoms with Crippen molar-refractivity contribution in [2.24, 2.45) is 0 Å². The minimum atomic E-state index is -3.45. The van der Waals surface area contributed by atoms with Crippen molar-refractivity contribution in [3.8, 4) is 0 Å². The molecule has 2 aliphatic rings. The minimum absolute atomic E-state index is 0.204. The van der Waals surface area contributed by atoms with E-state index in [2.05, 4.69) is 15.6 Å². The number of hydrogen-bond donors (Lipinski definition) is 2. The lowest BCUT2D eigenvalue weighted by atomic mass is 10.1. The van der Waals surface area contributed by atoms with Gasteiger partial charge in [-0.05, 0) is 19.4 Å². The van der Waals surface area contributed by atoms with Crippen molar-refractivity contribution in [3.05, 3.63) is 17.1 Å². The number of fused-ring (bicyclic) bond motifs is 1. The van der Waals surface area contributed by atoms with E-state index in [9.17, 15) is 8.42 Å². The van der Waals surface area contributed by atoms with Gasteiger partial charge in [0.05, 0.1) is 11.7 Å². The molecule has 0 bridgehead atoms. The highest BCUT2D eigenvalue weighted by molar-refractivity contribution is 7.86. The van der Waals surface area contributed by atoms with Crippen LogP contribution in [0, 0.1) is 0 Å². The van der Waals surface area contributed by atoms with E-state index in [-0.39, 0.29) is 6.04 Å². The van der Waals surface area contributed by atoms with Crippen LogP contribution in [0.2, 0.25) is 0 Å². The zero-order valence-electron chi connectivity index (χ0n) is 15.2. The molecule has 0 spiro atoms. The minimum Gasteiger partial charge on any atom is -0.373 e. The Balaban J connectivity index is 1.90. The molecule has 0 aliphatic carbocycles. The average molecular weight is 369 g/mol. The Bertz CT molecular complexity index is 696. The average Bonchev–Trinajstić information content (AvgIpc) is 3.15. The van der Waals surface area contributed by atoms with Crippen LogP contribution in [0.4, 0.5) is 5.82 Å². The molecule has 0 saturated carbocycles. The van der Waals surface area contributed by atoms with E-state index in [0.717, 1.165) is 42.3 Å². The molecule has 2 N–H and O–H groups in total. The van der Waals surface area contributed by atoms with Gasteiger partial charge in [0.15, 0.2) is 0 Å². The quantitative estimate of drug-likeness (QED) is 0.775. The summed E-state index contributed by atoms with van der Waals surface area (Å²) >= 11 is 0. The molecule has 25 heavy (non-hydrogen) atoms. The molecule has 2 aliphatic heterocycles. The molecule has 0 amide bonds. The fourth-order valence-electron chi connectivity index (χ4n) is 3.59. The maximum Gasteiger partial charge on any atom is 0.282 e. The normalized spacial score (nSPS) is 21.5. The van der Waals surface area contributed by atoms with E-state index in [0.29, 0.717) is 32.6 Å². The summed E-state index contributed by atoms with van der Waals surface area (Å²) in [6.07, 6.45) is 2.80. The van der Waals surface area contributed by atoms with E-state index in [1.54, 1.807) is 4.31 Å². The number of hydrogen-bond acceptors (Lipinski definition) is 6.